The Morgan fingerprint density at radius 3 is 2.67 bits per heavy atom. The van der Waals surface area contributed by atoms with Gasteiger partial charge in [0.2, 0.25) is 0 Å². The second kappa shape index (κ2) is 14.7. The van der Waals surface area contributed by atoms with Crippen molar-refractivity contribution in [3.05, 3.63) is 24.3 Å². The number of rotatable bonds is 15. The fourth-order valence-electron chi connectivity index (χ4n) is 3.52. The molecular weight excluding hydrogens is 344 g/mol. The molecule has 154 valence electrons. The maximum atomic E-state index is 12.1. The van der Waals surface area contributed by atoms with Gasteiger partial charge in [0, 0.05) is 25.4 Å². The van der Waals surface area contributed by atoms with E-state index >= 15 is 0 Å². The number of allylic oxidation sites excluding steroid dienone is 3. The second-order valence-corrected chi connectivity index (χ2v) is 7.46. The van der Waals surface area contributed by atoms with Crippen molar-refractivity contribution in [3.8, 4) is 0 Å². The predicted molar refractivity (Wildman–Crippen MR) is 106 cm³/mol. The van der Waals surface area contributed by atoms with Crippen LogP contribution in [0.4, 0.5) is 0 Å². The number of carbonyl (C=O) groups is 2. The van der Waals surface area contributed by atoms with E-state index in [1.54, 1.807) is 0 Å². The number of Topliss-reactive ketones (excluding diaryl/α,β-unsaturated/α-hetero) is 2. The molecule has 1 aliphatic rings. The van der Waals surface area contributed by atoms with Crippen molar-refractivity contribution >= 4 is 11.6 Å². The number of unbranched alkanes of at least 4 members (excludes halogenated alkanes) is 3. The van der Waals surface area contributed by atoms with Gasteiger partial charge in [0.1, 0.15) is 12.4 Å². The fraction of sp³-hybridized carbons (Fsp3) is 0.727. The Balaban J connectivity index is 2.29. The largest absolute Gasteiger partial charge is 0.396 e. The number of aliphatic hydroxyl groups is 3. The minimum Gasteiger partial charge on any atom is -0.396 e. The summed E-state index contributed by atoms with van der Waals surface area (Å²) in [5.41, 5.74) is 0. The van der Waals surface area contributed by atoms with E-state index in [1.807, 2.05) is 18.2 Å². The summed E-state index contributed by atoms with van der Waals surface area (Å²) in [6.45, 7) is -0.173. The molecule has 0 radical (unpaired) electrons. The SMILES string of the molecule is O=C(CO)CCCC=CC[C@H]1C(=O)CC[C@@H]1C=CCC(O)CCCCCO. The summed E-state index contributed by atoms with van der Waals surface area (Å²) in [6, 6.07) is 0. The molecule has 1 unspecified atom stereocenters. The molecule has 0 aromatic heterocycles. The van der Waals surface area contributed by atoms with Crippen LogP contribution in [0.3, 0.4) is 0 Å². The molecule has 5 nitrogen and oxygen atoms in total. The van der Waals surface area contributed by atoms with E-state index in [0.29, 0.717) is 25.0 Å². The average Bonchev–Trinajstić information content (AvgIpc) is 3.01. The lowest BCUT2D eigenvalue weighted by Gasteiger charge is -2.13. The Bertz CT molecular complexity index is 483. The molecule has 3 N–H and O–H groups in total. The summed E-state index contributed by atoms with van der Waals surface area (Å²) >= 11 is 0. The van der Waals surface area contributed by atoms with Crippen LogP contribution in [-0.4, -0.2) is 46.2 Å². The van der Waals surface area contributed by atoms with E-state index in [0.717, 1.165) is 51.4 Å². The van der Waals surface area contributed by atoms with Crippen molar-refractivity contribution in [2.45, 2.75) is 76.7 Å². The van der Waals surface area contributed by atoms with Gasteiger partial charge in [-0.1, -0.05) is 37.1 Å². The van der Waals surface area contributed by atoms with Gasteiger partial charge in [-0.15, -0.1) is 0 Å². The molecule has 1 rings (SSSR count). The van der Waals surface area contributed by atoms with E-state index in [-0.39, 0.29) is 36.9 Å². The van der Waals surface area contributed by atoms with Crippen molar-refractivity contribution in [3.63, 3.8) is 0 Å². The molecule has 0 aliphatic heterocycles. The number of hydrogen-bond acceptors (Lipinski definition) is 5. The first-order valence-electron chi connectivity index (χ1n) is 10.3. The van der Waals surface area contributed by atoms with Gasteiger partial charge < -0.3 is 15.3 Å². The van der Waals surface area contributed by atoms with Crippen molar-refractivity contribution in [1.82, 2.24) is 0 Å². The summed E-state index contributed by atoms with van der Waals surface area (Å²) in [7, 11) is 0. The lowest BCUT2D eigenvalue weighted by atomic mass is 9.91. The van der Waals surface area contributed by atoms with Crippen LogP contribution in [0.15, 0.2) is 24.3 Å². The zero-order chi connectivity index (χ0) is 19.9. The molecule has 0 spiro atoms. The van der Waals surface area contributed by atoms with Crippen molar-refractivity contribution in [2.75, 3.05) is 13.2 Å². The standard InChI is InChI=1S/C22H36O5/c23-16-7-3-5-10-19(25)12-8-9-18-14-15-22(27)21(18)13-6-2-1-4-11-20(26)17-24/h2,6,8-9,18-19,21,23-25H,1,3-5,7,10-17H2/t18-,19?,21+/m0/s1. The highest BCUT2D eigenvalue weighted by Gasteiger charge is 2.31. The lowest BCUT2D eigenvalue weighted by molar-refractivity contribution is -0.122. The maximum Gasteiger partial charge on any atom is 0.158 e. The van der Waals surface area contributed by atoms with Crippen molar-refractivity contribution in [1.29, 1.82) is 0 Å². The van der Waals surface area contributed by atoms with Gasteiger partial charge in [-0.05, 0) is 50.9 Å². The Morgan fingerprint density at radius 1 is 1.11 bits per heavy atom. The zero-order valence-electron chi connectivity index (χ0n) is 16.4. The molecule has 0 bridgehead atoms. The monoisotopic (exact) mass is 380 g/mol. The smallest absolute Gasteiger partial charge is 0.158 e. The Morgan fingerprint density at radius 2 is 1.93 bits per heavy atom. The van der Waals surface area contributed by atoms with Gasteiger partial charge in [0.05, 0.1) is 6.10 Å². The first kappa shape index (κ1) is 23.7. The first-order valence-corrected chi connectivity index (χ1v) is 10.3. The molecule has 27 heavy (non-hydrogen) atoms. The minimum atomic E-state index is -0.383. The third kappa shape index (κ3) is 10.6. The topological polar surface area (TPSA) is 94.8 Å². The van der Waals surface area contributed by atoms with E-state index in [9.17, 15) is 14.7 Å². The molecule has 0 aromatic carbocycles. The Kier molecular flexibility index (Phi) is 12.9. The highest BCUT2D eigenvalue weighted by molar-refractivity contribution is 5.83. The molecular formula is C22H36O5. The lowest BCUT2D eigenvalue weighted by Crippen LogP contribution is -2.12. The van der Waals surface area contributed by atoms with E-state index in [2.05, 4.69) is 6.08 Å². The normalized spacial score (nSPS) is 21.5. The van der Waals surface area contributed by atoms with Gasteiger partial charge in [-0.2, -0.15) is 0 Å². The molecule has 0 saturated heterocycles. The summed E-state index contributed by atoms with van der Waals surface area (Å²) in [5.74, 6) is 0.461. The highest BCUT2D eigenvalue weighted by Crippen LogP contribution is 2.33. The number of hydrogen-bond donors (Lipinski definition) is 3. The highest BCUT2D eigenvalue weighted by atomic mass is 16.3. The molecule has 1 saturated carbocycles. The molecule has 1 aliphatic carbocycles. The van der Waals surface area contributed by atoms with Crippen LogP contribution in [0.1, 0.15) is 70.6 Å². The predicted octanol–water partition coefficient (Wildman–Crippen LogP) is 3.12. The van der Waals surface area contributed by atoms with Gasteiger partial charge in [0.25, 0.3) is 0 Å². The van der Waals surface area contributed by atoms with Crippen LogP contribution >= 0.6 is 0 Å². The summed E-state index contributed by atoms with van der Waals surface area (Å²) in [5, 5.41) is 27.4. The maximum absolute atomic E-state index is 12.1. The van der Waals surface area contributed by atoms with E-state index in [1.165, 1.54) is 0 Å². The molecule has 1 fully saturated rings. The summed E-state index contributed by atoms with van der Waals surface area (Å²) < 4.78 is 0. The molecule has 5 heteroatoms. The van der Waals surface area contributed by atoms with Gasteiger partial charge in [-0.25, -0.2) is 0 Å². The molecule has 3 atom stereocenters. The van der Waals surface area contributed by atoms with Crippen molar-refractivity contribution < 1.29 is 24.9 Å². The molecule has 0 amide bonds. The van der Waals surface area contributed by atoms with Gasteiger partial charge in [0.15, 0.2) is 5.78 Å². The quantitative estimate of drug-likeness (QED) is 0.300. The van der Waals surface area contributed by atoms with Gasteiger partial charge in [-0.3, -0.25) is 9.59 Å². The Hall–Kier alpha value is -1.30. The van der Waals surface area contributed by atoms with Crippen LogP contribution in [0.5, 0.6) is 0 Å². The second-order valence-electron chi connectivity index (χ2n) is 7.46. The van der Waals surface area contributed by atoms with E-state index in [4.69, 9.17) is 10.2 Å². The minimum absolute atomic E-state index is 0.0262. The summed E-state index contributed by atoms with van der Waals surface area (Å²) in [4.78, 5) is 23.1. The number of ketones is 2. The zero-order valence-corrected chi connectivity index (χ0v) is 16.4. The van der Waals surface area contributed by atoms with Crippen LogP contribution in [0.25, 0.3) is 0 Å². The number of carbonyl (C=O) groups excluding carboxylic acids is 2. The van der Waals surface area contributed by atoms with Gasteiger partial charge >= 0.3 is 0 Å². The third-order valence-corrected chi connectivity index (χ3v) is 5.20. The first-order chi connectivity index (χ1) is 13.1. The van der Waals surface area contributed by atoms with E-state index < -0.39 is 0 Å². The number of aliphatic hydroxyl groups excluding tert-OH is 3. The van der Waals surface area contributed by atoms with Crippen LogP contribution in [-0.2, 0) is 9.59 Å². The molecule has 0 heterocycles. The van der Waals surface area contributed by atoms with Crippen molar-refractivity contribution in [2.24, 2.45) is 11.8 Å². The Labute approximate surface area is 163 Å². The van der Waals surface area contributed by atoms with Crippen LogP contribution in [0, 0.1) is 11.8 Å². The molecule has 0 aromatic rings. The average molecular weight is 381 g/mol. The fourth-order valence-corrected chi connectivity index (χ4v) is 3.52. The summed E-state index contributed by atoms with van der Waals surface area (Å²) in [6.07, 6.45) is 16.0. The van der Waals surface area contributed by atoms with Crippen LogP contribution in [0.2, 0.25) is 0 Å². The third-order valence-electron chi connectivity index (χ3n) is 5.20. The van der Waals surface area contributed by atoms with Crippen LogP contribution < -0.4 is 0 Å².